The van der Waals surface area contributed by atoms with Crippen molar-refractivity contribution >= 4 is 11.6 Å². The second-order valence-corrected chi connectivity index (χ2v) is 4.92. The molecule has 0 bridgehead atoms. The largest absolute Gasteiger partial charge is 0.394 e. The molecular formula is C14H20N2O2. The van der Waals surface area contributed by atoms with Crippen molar-refractivity contribution in [3.8, 4) is 0 Å². The van der Waals surface area contributed by atoms with Crippen molar-refractivity contribution in [2.24, 2.45) is 0 Å². The maximum Gasteiger partial charge on any atom is 0.254 e. The molecule has 0 radical (unpaired) electrons. The molecule has 1 heterocycles. The number of rotatable bonds is 3. The van der Waals surface area contributed by atoms with E-state index in [9.17, 15) is 9.90 Å². The first kappa shape index (κ1) is 12.9. The normalized spacial score (nSPS) is 19.1. The summed E-state index contributed by atoms with van der Waals surface area (Å²) in [6.45, 7) is 0.801. The van der Waals surface area contributed by atoms with E-state index in [1.165, 1.54) is 0 Å². The van der Waals surface area contributed by atoms with Gasteiger partial charge in [-0.05, 0) is 31.0 Å². The van der Waals surface area contributed by atoms with Crippen LogP contribution in [0.4, 0.5) is 5.69 Å². The summed E-state index contributed by atoms with van der Waals surface area (Å²) in [5.41, 5.74) is 1.71. The molecule has 1 aliphatic rings. The molecule has 1 atom stereocenters. The van der Waals surface area contributed by atoms with Gasteiger partial charge in [-0.15, -0.1) is 0 Å². The Morgan fingerprint density at radius 3 is 2.94 bits per heavy atom. The van der Waals surface area contributed by atoms with Crippen LogP contribution in [0.1, 0.15) is 23.2 Å². The zero-order valence-electron chi connectivity index (χ0n) is 11.0. The quantitative estimate of drug-likeness (QED) is 0.878. The van der Waals surface area contributed by atoms with Gasteiger partial charge in [0.2, 0.25) is 0 Å². The monoisotopic (exact) mass is 248 g/mol. The smallest absolute Gasteiger partial charge is 0.254 e. The van der Waals surface area contributed by atoms with E-state index < -0.39 is 0 Å². The van der Waals surface area contributed by atoms with Crippen molar-refractivity contribution in [1.82, 2.24) is 4.90 Å². The highest BCUT2D eigenvalue weighted by Crippen LogP contribution is 2.21. The van der Waals surface area contributed by atoms with Crippen molar-refractivity contribution in [2.75, 3.05) is 32.1 Å². The Hall–Kier alpha value is -1.55. The van der Waals surface area contributed by atoms with Crippen molar-refractivity contribution in [3.63, 3.8) is 0 Å². The predicted molar refractivity (Wildman–Crippen MR) is 71.9 cm³/mol. The highest BCUT2D eigenvalue weighted by atomic mass is 16.3. The summed E-state index contributed by atoms with van der Waals surface area (Å²) < 4.78 is 0. The lowest BCUT2D eigenvalue weighted by Crippen LogP contribution is -2.37. The van der Waals surface area contributed by atoms with Crippen LogP contribution in [0.5, 0.6) is 0 Å². The summed E-state index contributed by atoms with van der Waals surface area (Å²) in [6.07, 6.45) is 1.87. The number of aliphatic hydroxyl groups is 1. The van der Waals surface area contributed by atoms with E-state index in [0.29, 0.717) is 5.56 Å². The Balaban J connectivity index is 2.20. The molecule has 4 nitrogen and oxygen atoms in total. The second-order valence-electron chi connectivity index (χ2n) is 4.92. The van der Waals surface area contributed by atoms with E-state index in [4.69, 9.17) is 0 Å². The Labute approximate surface area is 108 Å². The molecule has 4 heteroatoms. The zero-order chi connectivity index (χ0) is 13.1. The van der Waals surface area contributed by atoms with Crippen LogP contribution in [0.15, 0.2) is 24.3 Å². The van der Waals surface area contributed by atoms with E-state index in [1.807, 2.05) is 43.3 Å². The average Bonchev–Trinajstić information content (AvgIpc) is 2.86. The SMILES string of the molecule is CN(C)c1cccc(C(=O)N2CCCC2CO)c1. The maximum absolute atomic E-state index is 12.4. The van der Waals surface area contributed by atoms with Gasteiger partial charge in [-0.3, -0.25) is 4.79 Å². The zero-order valence-corrected chi connectivity index (χ0v) is 11.0. The number of carbonyl (C=O) groups excluding carboxylic acids is 1. The maximum atomic E-state index is 12.4. The Kier molecular flexibility index (Phi) is 3.87. The molecule has 1 amide bonds. The standard InChI is InChI=1S/C14H20N2O2/c1-15(2)12-6-3-5-11(9-12)14(18)16-8-4-7-13(16)10-17/h3,5-6,9,13,17H,4,7-8,10H2,1-2H3. The fraction of sp³-hybridized carbons (Fsp3) is 0.500. The molecule has 0 aliphatic carbocycles. The minimum absolute atomic E-state index is 0.0134. The van der Waals surface area contributed by atoms with Crippen LogP contribution >= 0.6 is 0 Å². The molecule has 1 unspecified atom stereocenters. The van der Waals surface area contributed by atoms with Crippen LogP contribution < -0.4 is 4.90 Å². The number of hydrogen-bond acceptors (Lipinski definition) is 3. The molecular weight excluding hydrogens is 228 g/mol. The number of hydrogen-bond donors (Lipinski definition) is 1. The highest BCUT2D eigenvalue weighted by Gasteiger charge is 2.28. The van der Waals surface area contributed by atoms with Gasteiger partial charge in [0.05, 0.1) is 12.6 Å². The molecule has 1 fully saturated rings. The Morgan fingerprint density at radius 2 is 2.28 bits per heavy atom. The van der Waals surface area contributed by atoms with Gasteiger partial charge in [-0.25, -0.2) is 0 Å². The minimum Gasteiger partial charge on any atom is -0.394 e. The van der Waals surface area contributed by atoms with Gasteiger partial charge in [0, 0.05) is 31.9 Å². The van der Waals surface area contributed by atoms with E-state index >= 15 is 0 Å². The van der Waals surface area contributed by atoms with Crippen LogP contribution in [0.25, 0.3) is 0 Å². The van der Waals surface area contributed by atoms with Gasteiger partial charge < -0.3 is 14.9 Å². The van der Waals surface area contributed by atoms with Crippen molar-refractivity contribution in [2.45, 2.75) is 18.9 Å². The van der Waals surface area contributed by atoms with Crippen LogP contribution in [-0.2, 0) is 0 Å². The third-order valence-electron chi connectivity index (χ3n) is 3.46. The van der Waals surface area contributed by atoms with Crippen molar-refractivity contribution in [3.05, 3.63) is 29.8 Å². The van der Waals surface area contributed by atoms with Gasteiger partial charge in [0.25, 0.3) is 5.91 Å². The van der Waals surface area contributed by atoms with Gasteiger partial charge in [0.15, 0.2) is 0 Å². The van der Waals surface area contributed by atoms with Crippen LogP contribution in [0.3, 0.4) is 0 Å². The van der Waals surface area contributed by atoms with E-state index in [-0.39, 0.29) is 18.6 Å². The number of nitrogens with zero attached hydrogens (tertiary/aromatic N) is 2. The number of benzene rings is 1. The summed E-state index contributed by atoms with van der Waals surface area (Å²) >= 11 is 0. The summed E-state index contributed by atoms with van der Waals surface area (Å²) in [5.74, 6) is 0.0234. The molecule has 1 aliphatic heterocycles. The number of anilines is 1. The molecule has 0 aromatic heterocycles. The van der Waals surface area contributed by atoms with Crippen molar-refractivity contribution < 1.29 is 9.90 Å². The van der Waals surface area contributed by atoms with Crippen LogP contribution in [-0.4, -0.2) is 49.2 Å². The van der Waals surface area contributed by atoms with Gasteiger partial charge in [-0.2, -0.15) is 0 Å². The summed E-state index contributed by atoms with van der Waals surface area (Å²) in [6, 6.07) is 7.59. The fourth-order valence-electron chi connectivity index (χ4n) is 2.38. The van der Waals surface area contributed by atoms with E-state index in [2.05, 4.69) is 0 Å². The third-order valence-corrected chi connectivity index (χ3v) is 3.46. The molecule has 1 aromatic rings. The first-order chi connectivity index (χ1) is 8.63. The highest BCUT2D eigenvalue weighted by molar-refractivity contribution is 5.95. The average molecular weight is 248 g/mol. The lowest BCUT2D eigenvalue weighted by Gasteiger charge is -2.23. The van der Waals surface area contributed by atoms with Crippen molar-refractivity contribution in [1.29, 1.82) is 0 Å². The number of amides is 1. The molecule has 1 saturated heterocycles. The predicted octanol–water partition coefficient (Wildman–Crippen LogP) is 1.35. The molecule has 0 spiro atoms. The summed E-state index contributed by atoms with van der Waals surface area (Å²) in [5, 5.41) is 9.27. The third kappa shape index (κ3) is 2.48. The first-order valence-corrected chi connectivity index (χ1v) is 6.32. The lowest BCUT2D eigenvalue weighted by atomic mass is 10.1. The fourth-order valence-corrected chi connectivity index (χ4v) is 2.38. The molecule has 1 aromatic carbocycles. The Bertz CT molecular complexity index is 432. The van der Waals surface area contributed by atoms with Gasteiger partial charge in [0.1, 0.15) is 0 Å². The number of likely N-dealkylation sites (tertiary alicyclic amines) is 1. The summed E-state index contributed by atoms with van der Waals surface area (Å²) in [7, 11) is 3.91. The molecule has 2 rings (SSSR count). The van der Waals surface area contributed by atoms with Crippen LogP contribution in [0.2, 0.25) is 0 Å². The minimum atomic E-state index is -0.0134. The molecule has 98 valence electrons. The molecule has 18 heavy (non-hydrogen) atoms. The summed E-state index contributed by atoms with van der Waals surface area (Å²) in [4.78, 5) is 16.2. The lowest BCUT2D eigenvalue weighted by molar-refractivity contribution is 0.0677. The van der Waals surface area contributed by atoms with E-state index in [1.54, 1.807) is 4.90 Å². The van der Waals surface area contributed by atoms with Gasteiger partial charge >= 0.3 is 0 Å². The topological polar surface area (TPSA) is 43.8 Å². The Morgan fingerprint density at radius 1 is 1.50 bits per heavy atom. The van der Waals surface area contributed by atoms with Gasteiger partial charge in [-0.1, -0.05) is 6.07 Å². The molecule has 1 N–H and O–H groups in total. The molecule has 0 saturated carbocycles. The van der Waals surface area contributed by atoms with Crippen LogP contribution in [0, 0.1) is 0 Å². The van der Waals surface area contributed by atoms with E-state index in [0.717, 1.165) is 25.1 Å². The second kappa shape index (κ2) is 5.40. The number of aliphatic hydroxyl groups excluding tert-OH is 1. The first-order valence-electron chi connectivity index (χ1n) is 6.32. The number of carbonyl (C=O) groups is 1.